The van der Waals surface area contributed by atoms with Gasteiger partial charge in [-0.2, -0.15) is 0 Å². The van der Waals surface area contributed by atoms with E-state index in [1.807, 2.05) is 31.2 Å². The lowest BCUT2D eigenvalue weighted by molar-refractivity contribution is 1.18. The molecule has 0 atom stereocenters. The second-order valence-corrected chi connectivity index (χ2v) is 5.27. The van der Waals surface area contributed by atoms with Gasteiger partial charge < -0.3 is 11.1 Å². The highest BCUT2D eigenvalue weighted by Gasteiger charge is 2.10. The van der Waals surface area contributed by atoms with Gasteiger partial charge in [0.15, 0.2) is 10.9 Å². The monoisotopic (exact) mass is 283 g/mol. The first-order chi connectivity index (χ1) is 9.72. The number of hydrogen-bond acceptors (Lipinski definition) is 6. The number of benzene rings is 1. The number of nitrogens with one attached hydrogen (secondary N) is 1. The van der Waals surface area contributed by atoms with Crippen molar-refractivity contribution in [3.63, 3.8) is 0 Å². The smallest absolute Gasteiger partial charge is 0.189 e. The molecule has 0 aliphatic rings. The van der Waals surface area contributed by atoms with Gasteiger partial charge >= 0.3 is 0 Å². The summed E-state index contributed by atoms with van der Waals surface area (Å²) in [5.41, 5.74) is 8.62. The number of nitrogens with two attached hydrogens (primary N) is 1. The Labute approximate surface area is 120 Å². The standard InChI is InChI=1S/C14H13N5S/c1-9-13(10-3-2-4-11(15)7-10)20-14(18-9)19-12-8-16-5-6-17-12/h2-8H,15H2,1H3,(H,17,18,19). The largest absolute Gasteiger partial charge is 0.399 e. The van der Waals surface area contributed by atoms with Crippen LogP contribution in [0.25, 0.3) is 10.4 Å². The lowest BCUT2D eigenvalue weighted by Crippen LogP contribution is -1.92. The molecule has 0 aliphatic carbocycles. The predicted molar refractivity (Wildman–Crippen MR) is 82.0 cm³/mol. The fraction of sp³-hybridized carbons (Fsp3) is 0.0714. The minimum absolute atomic E-state index is 0.681. The van der Waals surface area contributed by atoms with Crippen LogP contribution < -0.4 is 11.1 Å². The Balaban J connectivity index is 1.91. The van der Waals surface area contributed by atoms with Gasteiger partial charge in [0.25, 0.3) is 0 Å². The zero-order valence-corrected chi connectivity index (χ0v) is 11.7. The van der Waals surface area contributed by atoms with E-state index in [-0.39, 0.29) is 0 Å². The molecule has 0 spiro atoms. The van der Waals surface area contributed by atoms with Crippen molar-refractivity contribution in [2.24, 2.45) is 0 Å². The SMILES string of the molecule is Cc1nc(Nc2cnccn2)sc1-c1cccc(N)c1. The van der Waals surface area contributed by atoms with Crippen molar-refractivity contribution in [3.05, 3.63) is 48.5 Å². The van der Waals surface area contributed by atoms with Crippen LogP contribution in [0.1, 0.15) is 5.69 Å². The molecule has 3 N–H and O–H groups in total. The summed E-state index contributed by atoms with van der Waals surface area (Å²) in [6.07, 6.45) is 4.94. The Morgan fingerprint density at radius 2 is 2.15 bits per heavy atom. The van der Waals surface area contributed by atoms with Crippen LogP contribution in [-0.2, 0) is 0 Å². The summed E-state index contributed by atoms with van der Waals surface area (Å²) >= 11 is 1.57. The average molecular weight is 283 g/mol. The molecule has 0 bridgehead atoms. The van der Waals surface area contributed by atoms with Crippen LogP contribution in [0.2, 0.25) is 0 Å². The molecule has 0 amide bonds. The van der Waals surface area contributed by atoms with Crippen molar-refractivity contribution in [3.8, 4) is 10.4 Å². The molecule has 0 radical (unpaired) electrons. The first-order valence-corrected chi connectivity index (χ1v) is 6.90. The Bertz CT molecular complexity index is 723. The number of nitrogen functional groups attached to an aromatic ring is 1. The average Bonchev–Trinajstić information content (AvgIpc) is 2.81. The summed E-state index contributed by atoms with van der Waals surface area (Å²) in [5, 5.41) is 3.94. The lowest BCUT2D eigenvalue weighted by Gasteiger charge is -2.00. The second-order valence-electron chi connectivity index (χ2n) is 4.27. The quantitative estimate of drug-likeness (QED) is 0.722. The van der Waals surface area contributed by atoms with E-state index >= 15 is 0 Å². The van der Waals surface area contributed by atoms with Crippen molar-refractivity contribution < 1.29 is 0 Å². The van der Waals surface area contributed by atoms with Crippen LogP contribution in [0, 0.1) is 6.92 Å². The Morgan fingerprint density at radius 3 is 2.90 bits per heavy atom. The van der Waals surface area contributed by atoms with Gasteiger partial charge in [0.1, 0.15) is 0 Å². The fourth-order valence-corrected chi connectivity index (χ4v) is 2.84. The van der Waals surface area contributed by atoms with E-state index in [2.05, 4.69) is 20.3 Å². The van der Waals surface area contributed by atoms with Crippen molar-refractivity contribution >= 4 is 28.0 Å². The molecular weight excluding hydrogens is 270 g/mol. The van der Waals surface area contributed by atoms with E-state index in [1.165, 1.54) is 0 Å². The predicted octanol–water partition coefficient (Wildman–Crippen LogP) is 3.23. The number of rotatable bonds is 3. The third kappa shape index (κ3) is 2.60. The Morgan fingerprint density at radius 1 is 1.25 bits per heavy atom. The number of aromatic nitrogens is 3. The summed E-state index contributed by atoms with van der Waals surface area (Å²) in [5.74, 6) is 0.681. The van der Waals surface area contributed by atoms with Crippen LogP contribution in [0.3, 0.4) is 0 Å². The van der Waals surface area contributed by atoms with Gasteiger partial charge in [0, 0.05) is 18.1 Å². The first kappa shape index (κ1) is 12.6. The summed E-state index contributed by atoms with van der Waals surface area (Å²) in [4.78, 5) is 13.8. The summed E-state index contributed by atoms with van der Waals surface area (Å²) in [6, 6.07) is 7.80. The maximum Gasteiger partial charge on any atom is 0.189 e. The molecule has 0 fully saturated rings. The van der Waals surface area contributed by atoms with Crippen LogP contribution >= 0.6 is 11.3 Å². The maximum atomic E-state index is 5.83. The van der Waals surface area contributed by atoms with E-state index in [0.717, 1.165) is 27.0 Å². The minimum Gasteiger partial charge on any atom is -0.399 e. The number of nitrogens with zero attached hydrogens (tertiary/aromatic N) is 3. The van der Waals surface area contributed by atoms with E-state index in [4.69, 9.17) is 5.73 Å². The van der Waals surface area contributed by atoms with E-state index < -0.39 is 0 Å². The molecule has 100 valence electrons. The second kappa shape index (κ2) is 5.26. The van der Waals surface area contributed by atoms with Gasteiger partial charge in [-0.15, -0.1) is 0 Å². The zero-order chi connectivity index (χ0) is 13.9. The highest BCUT2D eigenvalue weighted by Crippen LogP contribution is 2.34. The molecule has 0 saturated carbocycles. The van der Waals surface area contributed by atoms with E-state index in [9.17, 15) is 0 Å². The molecule has 20 heavy (non-hydrogen) atoms. The van der Waals surface area contributed by atoms with Gasteiger partial charge in [-0.1, -0.05) is 23.5 Å². The van der Waals surface area contributed by atoms with Crippen molar-refractivity contribution in [1.82, 2.24) is 15.0 Å². The molecule has 1 aromatic carbocycles. The lowest BCUT2D eigenvalue weighted by atomic mass is 10.1. The number of anilines is 3. The highest BCUT2D eigenvalue weighted by atomic mass is 32.1. The number of hydrogen-bond donors (Lipinski definition) is 2. The molecule has 5 nitrogen and oxygen atoms in total. The molecular formula is C14H13N5S. The molecule has 0 saturated heterocycles. The minimum atomic E-state index is 0.681. The summed E-state index contributed by atoms with van der Waals surface area (Å²) in [6.45, 7) is 1.98. The van der Waals surface area contributed by atoms with Crippen LogP contribution in [0.5, 0.6) is 0 Å². The van der Waals surface area contributed by atoms with Gasteiger partial charge in [-0.25, -0.2) is 9.97 Å². The summed E-state index contributed by atoms with van der Waals surface area (Å²) < 4.78 is 0. The van der Waals surface area contributed by atoms with Gasteiger partial charge in [0.05, 0.1) is 16.8 Å². The van der Waals surface area contributed by atoms with E-state index in [0.29, 0.717) is 5.82 Å². The number of aryl methyl sites for hydroxylation is 1. The molecule has 3 rings (SSSR count). The molecule has 0 unspecified atom stereocenters. The molecule has 2 aromatic heterocycles. The molecule has 2 heterocycles. The van der Waals surface area contributed by atoms with Gasteiger partial charge in [0.2, 0.25) is 0 Å². The molecule has 3 aromatic rings. The Hall–Kier alpha value is -2.47. The topological polar surface area (TPSA) is 76.7 Å². The van der Waals surface area contributed by atoms with Crippen LogP contribution in [0.15, 0.2) is 42.9 Å². The zero-order valence-electron chi connectivity index (χ0n) is 10.9. The molecule has 6 heteroatoms. The van der Waals surface area contributed by atoms with Crippen LogP contribution in [-0.4, -0.2) is 15.0 Å². The fourth-order valence-electron chi connectivity index (χ4n) is 1.87. The Kier molecular flexibility index (Phi) is 3.30. The maximum absolute atomic E-state index is 5.83. The highest BCUT2D eigenvalue weighted by molar-refractivity contribution is 7.19. The third-order valence-corrected chi connectivity index (χ3v) is 3.87. The number of thiazole rings is 1. The van der Waals surface area contributed by atoms with E-state index in [1.54, 1.807) is 29.9 Å². The van der Waals surface area contributed by atoms with Crippen LogP contribution in [0.4, 0.5) is 16.6 Å². The van der Waals surface area contributed by atoms with Crippen molar-refractivity contribution in [1.29, 1.82) is 0 Å². The summed E-state index contributed by atoms with van der Waals surface area (Å²) in [7, 11) is 0. The van der Waals surface area contributed by atoms with Crippen molar-refractivity contribution in [2.75, 3.05) is 11.1 Å². The van der Waals surface area contributed by atoms with Gasteiger partial charge in [-0.3, -0.25) is 4.98 Å². The first-order valence-electron chi connectivity index (χ1n) is 6.09. The third-order valence-electron chi connectivity index (χ3n) is 2.74. The normalized spacial score (nSPS) is 10.4. The van der Waals surface area contributed by atoms with Crippen molar-refractivity contribution in [2.45, 2.75) is 6.92 Å². The van der Waals surface area contributed by atoms with Gasteiger partial charge in [-0.05, 0) is 24.6 Å². The molecule has 0 aliphatic heterocycles.